The number of carbonyl (C=O) groups is 1. The first-order valence-corrected chi connectivity index (χ1v) is 5.46. The van der Waals surface area contributed by atoms with Crippen molar-refractivity contribution in [3.63, 3.8) is 0 Å². The highest BCUT2D eigenvalue weighted by atomic mass is 16.5. The average molecular weight is 212 g/mol. The number of amides is 1. The van der Waals surface area contributed by atoms with Crippen molar-refractivity contribution in [3.8, 4) is 0 Å². The Morgan fingerprint density at radius 3 is 3.13 bits per heavy atom. The van der Waals surface area contributed by atoms with Gasteiger partial charge in [0.2, 0.25) is 5.91 Å². The summed E-state index contributed by atoms with van der Waals surface area (Å²) >= 11 is 0. The van der Waals surface area contributed by atoms with E-state index in [1.54, 1.807) is 6.08 Å². The Balaban J connectivity index is 2.07. The summed E-state index contributed by atoms with van der Waals surface area (Å²) in [7, 11) is 0. The van der Waals surface area contributed by atoms with Gasteiger partial charge < -0.3 is 15.8 Å². The molecule has 0 aromatic carbocycles. The van der Waals surface area contributed by atoms with Gasteiger partial charge in [-0.2, -0.15) is 0 Å². The van der Waals surface area contributed by atoms with Gasteiger partial charge in [-0.15, -0.1) is 6.58 Å². The Labute approximate surface area is 90.9 Å². The van der Waals surface area contributed by atoms with Gasteiger partial charge in [0.15, 0.2) is 0 Å². The smallest absolute Gasteiger partial charge is 0.237 e. The Kier molecular flexibility index (Phi) is 5.36. The van der Waals surface area contributed by atoms with E-state index in [0.717, 1.165) is 26.1 Å². The van der Waals surface area contributed by atoms with Crippen LogP contribution in [0.1, 0.15) is 19.3 Å². The van der Waals surface area contributed by atoms with Crippen molar-refractivity contribution in [3.05, 3.63) is 12.7 Å². The maximum absolute atomic E-state index is 11.4. The number of hydrogen-bond acceptors (Lipinski definition) is 3. The third-order valence-corrected chi connectivity index (χ3v) is 2.63. The molecule has 15 heavy (non-hydrogen) atoms. The number of nitrogens with one attached hydrogen (secondary N) is 1. The molecule has 0 aromatic heterocycles. The van der Waals surface area contributed by atoms with Crippen LogP contribution in [0.3, 0.4) is 0 Å². The summed E-state index contributed by atoms with van der Waals surface area (Å²) in [6, 6.07) is -0.456. The molecule has 1 fully saturated rings. The van der Waals surface area contributed by atoms with Gasteiger partial charge in [-0.25, -0.2) is 0 Å². The molecular formula is C11H20N2O2. The number of carbonyl (C=O) groups excluding carboxylic acids is 1. The minimum absolute atomic E-state index is 0.0891. The number of hydrogen-bond donors (Lipinski definition) is 2. The van der Waals surface area contributed by atoms with E-state index >= 15 is 0 Å². The maximum atomic E-state index is 11.4. The van der Waals surface area contributed by atoms with Gasteiger partial charge >= 0.3 is 0 Å². The maximum Gasteiger partial charge on any atom is 0.237 e. The van der Waals surface area contributed by atoms with Crippen LogP contribution >= 0.6 is 0 Å². The van der Waals surface area contributed by atoms with Crippen LogP contribution in [-0.2, 0) is 9.53 Å². The van der Waals surface area contributed by atoms with Gasteiger partial charge in [0, 0.05) is 19.8 Å². The molecule has 0 aromatic rings. The van der Waals surface area contributed by atoms with Gasteiger partial charge in [0.1, 0.15) is 0 Å². The van der Waals surface area contributed by atoms with Crippen molar-refractivity contribution in [2.75, 3.05) is 19.8 Å². The average Bonchev–Trinajstić information content (AvgIpc) is 2.71. The van der Waals surface area contributed by atoms with E-state index in [0.29, 0.717) is 18.9 Å². The van der Waals surface area contributed by atoms with Crippen LogP contribution in [-0.4, -0.2) is 31.7 Å². The number of ether oxygens (including phenoxy) is 1. The van der Waals surface area contributed by atoms with E-state index in [2.05, 4.69) is 11.9 Å². The van der Waals surface area contributed by atoms with Gasteiger partial charge in [-0.1, -0.05) is 6.08 Å². The van der Waals surface area contributed by atoms with Gasteiger partial charge in [-0.3, -0.25) is 4.79 Å². The van der Waals surface area contributed by atoms with Crippen LogP contribution in [0.2, 0.25) is 0 Å². The van der Waals surface area contributed by atoms with Crippen molar-refractivity contribution in [2.45, 2.75) is 25.3 Å². The van der Waals surface area contributed by atoms with Gasteiger partial charge in [0.25, 0.3) is 0 Å². The van der Waals surface area contributed by atoms with E-state index in [1.807, 2.05) is 0 Å². The lowest BCUT2D eigenvalue weighted by Gasteiger charge is -2.12. The Morgan fingerprint density at radius 2 is 2.53 bits per heavy atom. The Morgan fingerprint density at radius 1 is 1.73 bits per heavy atom. The number of rotatable bonds is 6. The van der Waals surface area contributed by atoms with E-state index in [4.69, 9.17) is 10.5 Å². The zero-order valence-electron chi connectivity index (χ0n) is 9.08. The highest BCUT2D eigenvalue weighted by Crippen LogP contribution is 2.15. The highest BCUT2D eigenvalue weighted by Gasteiger charge is 2.16. The van der Waals surface area contributed by atoms with E-state index in [-0.39, 0.29) is 5.91 Å². The molecule has 1 rings (SSSR count). The van der Waals surface area contributed by atoms with Crippen molar-refractivity contribution < 1.29 is 9.53 Å². The summed E-state index contributed by atoms with van der Waals surface area (Å²) in [6.07, 6.45) is 4.27. The Bertz CT molecular complexity index is 213. The summed E-state index contributed by atoms with van der Waals surface area (Å²) in [5.74, 6) is 0.509. The minimum Gasteiger partial charge on any atom is -0.381 e. The Hall–Kier alpha value is -0.870. The summed E-state index contributed by atoms with van der Waals surface area (Å²) in [5.41, 5.74) is 5.61. The second-order valence-electron chi connectivity index (χ2n) is 3.94. The fourth-order valence-electron chi connectivity index (χ4n) is 1.63. The third-order valence-electron chi connectivity index (χ3n) is 2.63. The van der Waals surface area contributed by atoms with Crippen LogP contribution in [0.4, 0.5) is 0 Å². The number of nitrogens with two attached hydrogens (primary N) is 1. The van der Waals surface area contributed by atoms with Gasteiger partial charge in [-0.05, 0) is 25.2 Å². The van der Waals surface area contributed by atoms with Crippen LogP contribution in [0, 0.1) is 5.92 Å². The van der Waals surface area contributed by atoms with E-state index in [9.17, 15) is 4.79 Å². The predicted octanol–water partition coefficient (Wildman–Crippen LogP) is 0.433. The lowest BCUT2D eigenvalue weighted by molar-refractivity contribution is -0.122. The molecule has 1 aliphatic heterocycles. The minimum atomic E-state index is -0.456. The first-order chi connectivity index (χ1) is 7.24. The van der Waals surface area contributed by atoms with Crippen molar-refractivity contribution in [2.24, 2.45) is 11.7 Å². The fourth-order valence-corrected chi connectivity index (χ4v) is 1.63. The lowest BCUT2D eigenvalue weighted by atomic mass is 10.1. The molecule has 0 aliphatic carbocycles. The molecule has 4 nitrogen and oxygen atoms in total. The quantitative estimate of drug-likeness (QED) is 0.628. The molecule has 1 saturated heterocycles. The molecule has 3 N–H and O–H groups in total. The van der Waals surface area contributed by atoms with Crippen LogP contribution in [0.25, 0.3) is 0 Å². The first-order valence-electron chi connectivity index (χ1n) is 5.46. The summed E-state index contributed by atoms with van der Waals surface area (Å²) in [6.45, 7) is 5.93. The fraction of sp³-hybridized carbons (Fsp3) is 0.727. The highest BCUT2D eigenvalue weighted by molar-refractivity contribution is 5.81. The first kappa shape index (κ1) is 12.2. The molecule has 1 amide bonds. The summed E-state index contributed by atoms with van der Waals surface area (Å²) in [5, 5.41) is 2.83. The molecule has 1 heterocycles. The van der Waals surface area contributed by atoms with Crippen molar-refractivity contribution in [1.82, 2.24) is 5.32 Å². The van der Waals surface area contributed by atoms with Crippen LogP contribution in [0.15, 0.2) is 12.7 Å². The monoisotopic (exact) mass is 212 g/mol. The SMILES string of the molecule is C=CCC(N)C(=O)NCCC1CCOC1. The molecule has 2 atom stereocenters. The standard InChI is InChI=1S/C11H20N2O2/c1-2-3-10(12)11(14)13-6-4-9-5-7-15-8-9/h2,9-10H,1,3-8,12H2,(H,13,14). The van der Waals surface area contributed by atoms with E-state index in [1.165, 1.54) is 0 Å². The molecule has 0 radical (unpaired) electrons. The third kappa shape index (κ3) is 4.44. The van der Waals surface area contributed by atoms with Crippen molar-refractivity contribution >= 4 is 5.91 Å². The summed E-state index contributed by atoms with van der Waals surface area (Å²) in [4.78, 5) is 11.4. The topological polar surface area (TPSA) is 64.4 Å². The molecular weight excluding hydrogens is 192 g/mol. The second kappa shape index (κ2) is 6.58. The molecule has 0 spiro atoms. The van der Waals surface area contributed by atoms with Crippen LogP contribution in [0.5, 0.6) is 0 Å². The molecule has 2 unspecified atom stereocenters. The molecule has 4 heteroatoms. The van der Waals surface area contributed by atoms with Crippen LogP contribution < -0.4 is 11.1 Å². The zero-order chi connectivity index (χ0) is 11.1. The lowest BCUT2D eigenvalue weighted by Crippen LogP contribution is -2.40. The molecule has 0 saturated carbocycles. The van der Waals surface area contributed by atoms with Gasteiger partial charge in [0.05, 0.1) is 6.04 Å². The molecule has 86 valence electrons. The molecule has 0 bridgehead atoms. The van der Waals surface area contributed by atoms with E-state index < -0.39 is 6.04 Å². The zero-order valence-corrected chi connectivity index (χ0v) is 9.08. The predicted molar refractivity (Wildman–Crippen MR) is 59.3 cm³/mol. The molecule has 1 aliphatic rings. The normalized spacial score (nSPS) is 22.3. The van der Waals surface area contributed by atoms with Crippen molar-refractivity contribution in [1.29, 1.82) is 0 Å². The largest absolute Gasteiger partial charge is 0.381 e. The second-order valence-corrected chi connectivity index (χ2v) is 3.94. The summed E-state index contributed by atoms with van der Waals surface area (Å²) < 4.78 is 5.25.